The first-order valence-corrected chi connectivity index (χ1v) is 8.24. The van der Waals surface area contributed by atoms with Crippen LogP contribution in [-0.2, 0) is 9.53 Å². The number of rotatable bonds is 7. The second kappa shape index (κ2) is 8.63. The van der Waals surface area contributed by atoms with Crippen LogP contribution in [0.5, 0.6) is 23.4 Å². The Bertz CT molecular complexity index is 1020. The van der Waals surface area contributed by atoms with E-state index >= 15 is 0 Å². The van der Waals surface area contributed by atoms with Gasteiger partial charge in [-0.2, -0.15) is 0 Å². The number of para-hydroxylation sites is 1. The van der Waals surface area contributed by atoms with E-state index in [4.69, 9.17) is 14.2 Å². The van der Waals surface area contributed by atoms with E-state index in [1.54, 1.807) is 30.3 Å². The van der Waals surface area contributed by atoms with E-state index in [9.17, 15) is 9.90 Å². The van der Waals surface area contributed by atoms with Crippen molar-refractivity contribution in [3.63, 3.8) is 0 Å². The molecule has 8 nitrogen and oxygen atoms in total. The van der Waals surface area contributed by atoms with Crippen LogP contribution in [0.4, 0.5) is 0 Å². The van der Waals surface area contributed by atoms with E-state index in [2.05, 4.69) is 15.0 Å². The van der Waals surface area contributed by atoms with Gasteiger partial charge in [-0.25, -0.2) is 19.7 Å². The number of carboxylic acid groups (broad SMARTS) is 1. The van der Waals surface area contributed by atoms with Gasteiger partial charge in [-0.15, -0.1) is 0 Å². The maximum Gasteiger partial charge on any atom is 0.339 e. The third-order valence-electron chi connectivity index (χ3n) is 3.55. The second-order valence-corrected chi connectivity index (χ2v) is 5.58. The Morgan fingerprint density at radius 3 is 2.46 bits per heavy atom. The summed E-state index contributed by atoms with van der Waals surface area (Å²) in [5, 5.41) is 9.42. The first kappa shape index (κ1) is 18.8. The summed E-state index contributed by atoms with van der Waals surface area (Å²) in [4.78, 5) is 23.9. The molecule has 0 spiro atoms. The molecule has 0 bridgehead atoms. The fraction of sp³-hybridized carbons (Fsp3) is 0.100. The van der Waals surface area contributed by atoms with Crippen LogP contribution in [-0.4, -0.2) is 33.1 Å². The predicted molar refractivity (Wildman–Crippen MR) is 100 cm³/mol. The van der Waals surface area contributed by atoms with Crippen LogP contribution in [0.1, 0.15) is 11.3 Å². The molecule has 0 amide bonds. The molecule has 1 N–H and O–H groups in total. The number of benzene rings is 1. The first-order valence-electron chi connectivity index (χ1n) is 8.24. The van der Waals surface area contributed by atoms with Crippen molar-refractivity contribution in [3.05, 3.63) is 72.4 Å². The van der Waals surface area contributed by atoms with E-state index in [0.717, 1.165) is 12.0 Å². The van der Waals surface area contributed by atoms with Crippen molar-refractivity contribution in [1.82, 2.24) is 15.0 Å². The predicted octanol–water partition coefficient (Wildman–Crippen LogP) is 3.84. The molecule has 2 heterocycles. The third kappa shape index (κ3) is 4.61. The number of hydrogen-bond acceptors (Lipinski definition) is 7. The molecule has 1 aromatic carbocycles. The van der Waals surface area contributed by atoms with E-state index in [1.165, 1.54) is 19.5 Å². The molecule has 8 heteroatoms. The SMILES string of the molecule is CO/C=C(/C(=O)O)c1ccccc1Oc1cc(Oc2cccc(C)n2)ncn1. The summed E-state index contributed by atoms with van der Waals surface area (Å²) < 4.78 is 16.3. The molecule has 0 unspecified atom stereocenters. The minimum Gasteiger partial charge on any atom is -0.503 e. The molecule has 2 aromatic heterocycles. The highest BCUT2D eigenvalue weighted by Gasteiger charge is 2.17. The second-order valence-electron chi connectivity index (χ2n) is 5.58. The maximum atomic E-state index is 11.5. The van der Waals surface area contributed by atoms with Crippen molar-refractivity contribution in [2.45, 2.75) is 6.92 Å². The zero-order chi connectivity index (χ0) is 19.9. The smallest absolute Gasteiger partial charge is 0.339 e. The molecule has 0 atom stereocenters. The number of nitrogens with zero attached hydrogens (tertiary/aromatic N) is 3. The molecule has 3 aromatic rings. The molecular weight excluding hydrogens is 362 g/mol. The molecule has 0 fully saturated rings. The van der Waals surface area contributed by atoms with Gasteiger partial charge in [0.25, 0.3) is 0 Å². The van der Waals surface area contributed by atoms with Gasteiger partial charge in [0.1, 0.15) is 17.6 Å². The third-order valence-corrected chi connectivity index (χ3v) is 3.55. The monoisotopic (exact) mass is 379 g/mol. The van der Waals surface area contributed by atoms with Crippen molar-refractivity contribution in [1.29, 1.82) is 0 Å². The standard InChI is InChI=1S/C20H17N3O5/c1-13-6-5-9-17(23-13)28-19-10-18(21-12-22-19)27-16-8-4-3-7-14(16)15(11-26-2)20(24)25/h3-12H,1-2H3,(H,24,25)/b15-11+. The van der Waals surface area contributed by atoms with Gasteiger partial charge in [-0.05, 0) is 19.1 Å². The minimum absolute atomic E-state index is 0.0485. The number of pyridine rings is 1. The van der Waals surface area contributed by atoms with Crippen LogP contribution >= 0.6 is 0 Å². The van der Waals surface area contributed by atoms with Crippen molar-refractivity contribution in [3.8, 4) is 23.4 Å². The van der Waals surface area contributed by atoms with Gasteiger partial charge in [-0.1, -0.05) is 24.3 Å². The number of ether oxygens (including phenoxy) is 3. The van der Waals surface area contributed by atoms with Crippen LogP contribution in [0.3, 0.4) is 0 Å². The molecule has 0 aliphatic rings. The van der Waals surface area contributed by atoms with Gasteiger partial charge in [0.2, 0.25) is 17.6 Å². The molecule has 0 radical (unpaired) electrons. The van der Waals surface area contributed by atoms with E-state index in [1.807, 2.05) is 19.1 Å². The largest absolute Gasteiger partial charge is 0.503 e. The van der Waals surface area contributed by atoms with Crippen LogP contribution in [0, 0.1) is 6.92 Å². The highest BCUT2D eigenvalue weighted by molar-refractivity contribution is 6.15. The zero-order valence-electron chi connectivity index (χ0n) is 15.2. The van der Waals surface area contributed by atoms with Crippen LogP contribution in [0.25, 0.3) is 5.57 Å². The fourth-order valence-corrected chi connectivity index (χ4v) is 2.35. The Hall–Kier alpha value is -3.94. The first-order chi connectivity index (χ1) is 13.6. The average Bonchev–Trinajstić information content (AvgIpc) is 2.67. The molecular formula is C20H17N3O5. The number of aryl methyl sites for hydroxylation is 1. The van der Waals surface area contributed by atoms with Gasteiger partial charge < -0.3 is 19.3 Å². The van der Waals surface area contributed by atoms with E-state index in [-0.39, 0.29) is 17.3 Å². The summed E-state index contributed by atoms with van der Waals surface area (Å²) in [6.45, 7) is 1.85. The molecule has 142 valence electrons. The molecule has 3 rings (SSSR count). The van der Waals surface area contributed by atoms with E-state index in [0.29, 0.717) is 17.2 Å². The summed E-state index contributed by atoms with van der Waals surface area (Å²) in [6.07, 6.45) is 2.43. The van der Waals surface area contributed by atoms with Crippen LogP contribution < -0.4 is 9.47 Å². The summed E-state index contributed by atoms with van der Waals surface area (Å²) >= 11 is 0. The lowest BCUT2D eigenvalue weighted by Crippen LogP contribution is -2.03. The fourth-order valence-electron chi connectivity index (χ4n) is 2.35. The van der Waals surface area contributed by atoms with Crippen molar-refractivity contribution >= 4 is 11.5 Å². The lowest BCUT2D eigenvalue weighted by Gasteiger charge is -2.11. The molecule has 28 heavy (non-hydrogen) atoms. The van der Waals surface area contributed by atoms with E-state index < -0.39 is 5.97 Å². The van der Waals surface area contributed by atoms with Crippen LogP contribution in [0.15, 0.2) is 61.1 Å². The molecule has 0 aliphatic heterocycles. The minimum atomic E-state index is -1.14. The Morgan fingerprint density at radius 2 is 1.75 bits per heavy atom. The van der Waals surface area contributed by atoms with Crippen LogP contribution in [0.2, 0.25) is 0 Å². The topological polar surface area (TPSA) is 104 Å². The Kier molecular flexibility index (Phi) is 5.81. The number of aromatic nitrogens is 3. The van der Waals surface area contributed by atoms with Gasteiger partial charge in [0.05, 0.1) is 19.4 Å². The highest BCUT2D eigenvalue weighted by atomic mass is 16.5. The van der Waals surface area contributed by atoms with Gasteiger partial charge >= 0.3 is 5.97 Å². The summed E-state index contributed by atoms with van der Waals surface area (Å²) in [5.41, 5.74) is 1.11. The Balaban J connectivity index is 1.87. The average molecular weight is 379 g/mol. The summed E-state index contributed by atoms with van der Waals surface area (Å²) in [5.74, 6) is -0.0263. The normalized spacial score (nSPS) is 11.0. The summed E-state index contributed by atoms with van der Waals surface area (Å²) in [6, 6.07) is 13.5. The number of hydrogen-bond donors (Lipinski definition) is 1. The van der Waals surface area contributed by atoms with Crippen molar-refractivity contribution in [2.24, 2.45) is 0 Å². The highest BCUT2D eigenvalue weighted by Crippen LogP contribution is 2.31. The molecule has 0 saturated carbocycles. The zero-order valence-corrected chi connectivity index (χ0v) is 15.2. The lowest BCUT2D eigenvalue weighted by atomic mass is 10.1. The molecule has 0 saturated heterocycles. The lowest BCUT2D eigenvalue weighted by molar-refractivity contribution is -0.130. The number of carboxylic acids is 1. The molecule has 0 aliphatic carbocycles. The number of aliphatic carboxylic acids is 1. The Morgan fingerprint density at radius 1 is 1.00 bits per heavy atom. The summed E-state index contributed by atoms with van der Waals surface area (Å²) in [7, 11) is 1.37. The number of carbonyl (C=O) groups is 1. The van der Waals surface area contributed by atoms with Gasteiger partial charge in [0.15, 0.2) is 0 Å². The maximum absolute atomic E-state index is 11.5. The van der Waals surface area contributed by atoms with Crippen molar-refractivity contribution < 1.29 is 24.1 Å². The Labute approximate surface area is 161 Å². The quantitative estimate of drug-likeness (QED) is 0.488. The van der Waals surface area contributed by atoms with Gasteiger partial charge in [0, 0.05) is 17.3 Å². The van der Waals surface area contributed by atoms with Gasteiger partial charge in [-0.3, -0.25) is 0 Å². The van der Waals surface area contributed by atoms with Crippen molar-refractivity contribution in [2.75, 3.05) is 7.11 Å². The number of methoxy groups -OCH3 is 1.